The summed E-state index contributed by atoms with van der Waals surface area (Å²) in [5, 5.41) is 11.7. The Morgan fingerprint density at radius 2 is 1.71 bits per heavy atom. The molecule has 1 amide bonds. The molecule has 5 nitrogen and oxygen atoms in total. The second-order valence-electron chi connectivity index (χ2n) is 9.64. The average Bonchev–Trinajstić information content (AvgIpc) is 2.80. The van der Waals surface area contributed by atoms with Gasteiger partial charge in [-0.05, 0) is 85.2 Å². The average molecular weight is 493 g/mol. The van der Waals surface area contributed by atoms with Gasteiger partial charge in [0, 0.05) is 19.1 Å². The summed E-state index contributed by atoms with van der Waals surface area (Å²) in [6.07, 6.45) is 10.5. The lowest BCUT2D eigenvalue weighted by molar-refractivity contribution is -0.143. The predicted octanol–water partition coefficient (Wildman–Crippen LogP) is 4.71. The van der Waals surface area contributed by atoms with Gasteiger partial charge in [0.2, 0.25) is 5.91 Å². The standard InChI is InChI=1S/C25H37BrN2O3/c1-31-22-9-8-19(18-21(22)26)23(25(30)12-4-2-5-13-25)24(29)28-16-10-20(11-17-28)27-14-6-3-7-15-27/h8-9,18,20,23,30H,2-7,10-17H2,1H3. The van der Waals surface area contributed by atoms with Gasteiger partial charge in [-0.2, -0.15) is 0 Å². The van der Waals surface area contributed by atoms with Crippen molar-refractivity contribution in [3.63, 3.8) is 0 Å². The van der Waals surface area contributed by atoms with Gasteiger partial charge in [-0.15, -0.1) is 0 Å². The van der Waals surface area contributed by atoms with Gasteiger partial charge in [0.25, 0.3) is 0 Å². The van der Waals surface area contributed by atoms with E-state index >= 15 is 0 Å². The third-order valence-corrected chi connectivity index (χ3v) is 8.32. The van der Waals surface area contributed by atoms with Crippen LogP contribution in [0.3, 0.4) is 0 Å². The second kappa shape index (κ2) is 10.2. The van der Waals surface area contributed by atoms with E-state index < -0.39 is 11.5 Å². The normalized spacial score (nSPS) is 24.0. The summed E-state index contributed by atoms with van der Waals surface area (Å²) < 4.78 is 6.21. The molecule has 172 valence electrons. The number of nitrogens with zero attached hydrogens (tertiary/aromatic N) is 2. The summed E-state index contributed by atoms with van der Waals surface area (Å²) >= 11 is 3.58. The van der Waals surface area contributed by atoms with Gasteiger partial charge in [0.15, 0.2) is 0 Å². The van der Waals surface area contributed by atoms with E-state index in [1.165, 1.54) is 32.4 Å². The Bertz CT molecular complexity index is 751. The molecule has 1 N–H and O–H groups in total. The van der Waals surface area contributed by atoms with Crippen molar-refractivity contribution in [3.8, 4) is 5.75 Å². The zero-order valence-electron chi connectivity index (χ0n) is 18.8. The van der Waals surface area contributed by atoms with Crippen molar-refractivity contribution in [2.45, 2.75) is 81.8 Å². The van der Waals surface area contributed by atoms with Crippen LogP contribution in [-0.4, -0.2) is 65.7 Å². The Kier molecular flexibility index (Phi) is 7.60. The van der Waals surface area contributed by atoms with Crippen molar-refractivity contribution < 1.29 is 14.6 Å². The molecule has 2 saturated heterocycles. The quantitative estimate of drug-likeness (QED) is 0.646. The molecule has 31 heavy (non-hydrogen) atoms. The van der Waals surface area contributed by atoms with Crippen molar-refractivity contribution in [2.75, 3.05) is 33.3 Å². The zero-order chi connectivity index (χ0) is 21.8. The first-order valence-corrected chi connectivity index (χ1v) is 12.9. The highest BCUT2D eigenvalue weighted by Gasteiger charge is 2.45. The minimum atomic E-state index is -0.965. The number of aliphatic hydroxyl groups is 1. The van der Waals surface area contributed by atoms with E-state index in [0.29, 0.717) is 18.9 Å². The molecule has 6 heteroatoms. The molecule has 2 heterocycles. The van der Waals surface area contributed by atoms with E-state index in [2.05, 4.69) is 20.8 Å². The molecule has 0 bridgehead atoms. The van der Waals surface area contributed by atoms with E-state index in [1.54, 1.807) is 7.11 Å². The monoisotopic (exact) mass is 492 g/mol. The zero-order valence-corrected chi connectivity index (χ0v) is 20.4. The van der Waals surface area contributed by atoms with Gasteiger partial charge in [-0.1, -0.05) is 31.7 Å². The van der Waals surface area contributed by atoms with Gasteiger partial charge in [0.1, 0.15) is 5.75 Å². The maximum absolute atomic E-state index is 13.9. The first-order chi connectivity index (χ1) is 15.0. The van der Waals surface area contributed by atoms with Crippen molar-refractivity contribution in [3.05, 3.63) is 28.2 Å². The van der Waals surface area contributed by atoms with Gasteiger partial charge in [0.05, 0.1) is 23.1 Å². The minimum absolute atomic E-state index is 0.0959. The van der Waals surface area contributed by atoms with Crippen LogP contribution in [0.15, 0.2) is 22.7 Å². The van der Waals surface area contributed by atoms with Crippen LogP contribution in [0.4, 0.5) is 0 Å². The molecule has 1 atom stereocenters. The summed E-state index contributed by atoms with van der Waals surface area (Å²) in [5.74, 6) is 0.327. The summed E-state index contributed by atoms with van der Waals surface area (Å²) in [6, 6.07) is 6.43. The molecule has 0 radical (unpaired) electrons. The molecule has 0 spiro atoms. The maximum atomic E-state index is 13.9. The third kappa shape index (κ3) is 5.12. The molecule has 1 unspecified atom stereocenters. The predicted molar refractivity (Wildman–Crippen MR) is 126 cm³/mol. The fourth-order valence-corrected chi connectivity index (χ4v) is 6.47. The molecule has 1 aromatic carbocycles. The van der Waals surface area contributed by atoms with Crippen molar-refractivity contribution in [1.29, 1.82) is 0 Å². The smallest absolute Gasteiger partial charge is 0.233 e. The van der Waals surface area contributed by atoms with Gasteiger partial charge >= 0.3 is 0 Å². The van der Waals surface area contributed by atoms with Crippen molar-refractivity contribution in [1.82, 2.24) is 9.80 Å². The number of rotatable bonds is 5. The lowest BCUT2D eigenvalue weighted by Gasteiger charge is -2.44. The number of carbonyl (C=O) groups excluding carboxylic acids is 1. The molecule has 3 aliphatic rings. The summed E-state index contributed by atoms with van der Waals surface area (Å²) in [7, 11) is 1.64. The van der Waals surface area contributed by atoms with Crippen LogP contribution in [0.1, 0.15) is 75.7 Å². The van der Waals surface area contributed by atoms with Crippen LogP contribution < -0.4 is 4.74 Å². The highest BCUT2D eigenvalue weighted by atomic mass is 79.9. The lowest BCUT2D eigenvalue weighted by Crippen LogP contribution is -2.52. The highest BCUT2D eigenvalue weighted by molar-refractivity contribution is 9.10. The van der Waals surface area contributed by atoms with E-state index in [0.717, 1.165) is 61.0 Å². The third-order valence-electron chi connectivity index (χ3n) is 7.70. The van der Waals surface area contributed by atoms with Crippen molar-refractivity contribution in [2.24, 2.45) is 0 Å². The Balaban J connectivity index is 1.52. The number of piperidine rings is 2. The largest absolute Gasteiger partial charge is 0.496 e. The minimum Gasteiger partial charge on any atom is -0.496 e. The van der Waals surface area contributed by atoms with Gasteiger partial charge in [-0.3, -0.25) is 4.79 Å². The van der Waals surface area contributed by atoms with E-state index in [-0.39, 0.29) is 5.91 Å². The number of carbonyl (C=O) groups is 1. The molecule has 4 rings (SSSR count). The Morgan fingerprint density at radius 1 is 1.06 bits per heavy atom. The van der Waals surface area contributed by atoms with Crippen molar-refractivity contribution >= 4 is 21.8 Å². The fraction of sp³-hybridized carbons (Fsp3) is 0.720. The van der Waals surface area contributed by atoms with Crippen LogP contribution in [0, 0.1) is 0 Å². The van der Waals surface area contributed by atoms with Gasteiger partial charge in [-0.25, -0.2) is 0 Å². The number of benzene rings is 1. The molecule has 0 aromatic heterocycles. The van der Waals surface area contributed by atoms with Crippen LogP contribution in [0.2, 0.25) is 0 Å². The number of hydrogen-bond acceptors (Lipinski definition) is 4. The number of hydrogen-bond donors (Lipinski definition) is 1. The molecule has 1 saturated carbocycles. The molecule has 1 aliphatic carbocycles. The maximum Gasteiger partial charge on any atom is 0.233 e. The van der Waals surface area contributed by atoms with Crippen LogP contribution in [-0.2, 0) is 4.79 Å². The van der Waals surface area contributed by atoms with Crippen LogP contribution >= 0.6 is 15.9 Å². The highest BCUT2D eigenvalue weighted by Crippen LogP contribution is 2.43. The SMILES string of the molecule is COc1ccc(C(C(=O)N2CCC(N3CCCCC3)CC2)C2(O)CCCCC2)cc1Br. The molecular formula is C25H37BrN2O3. The number of amides is 1. The molecule has 3 fully saturated rings. The molecular weight excluding hydrogens is 456 g/mol. The number of ether oxygens (including phenoxy) is 1. The Morgan fingerprint density at radius 3 is 2.32 bits per heavy atom. The summed E-state index contributed by atoms with van der Waals surface area (Å²) in [4.78, 5) is 18.5. The summed E-state index contributed by atoms with van der Waals surface area (Å²) in [5.41, 5.74) is -0.0761. The second-order valence-corrected chi connectivity index (χ2v) is 10.5. The van der Waals surface area contributed by atoms with Gasteiger partial charge < -0.3 is 19.6 Å². The Hall–Kier alpha value is -1.11. The molecule has 2 aliphatic heterocycles. The Labute approximate surface area is 195 Å². The van der Waals surface area contributed by atoms with E-state index in [1.807, 2.05) is 23.1 Å². The van der Waals surface area contributed by atoms with E-state index in [9.17, 15) is 9.90 Å². The number of halogens is 1. The van der Waals surface area contributed by atoms with Crippen LogP contribution in [0.25, 0.3) is 0 Å². The topological polar surface area (TPSA) is 53.0 Å². The number of likely N-dealkylation sites (tertiary alicyclic amines) is 2. The molecule has 1 aromatic rings. The fourth-order valence-electron chi connectivity index (χ4n) is 5.92. The lowest BCUT2D eigenvalue weighted by atomic mass is 9.72. The van der Waals surface area contributed by atoms with Crippen LogP contribution in [0.5, 0.6) is 5.75 Å². The first-order valence-electron chi connectivity index (χ1n) is 12.1. The first kappa shape index (κ1) is 23.1. The number of methoxy groups -OCH3 is 1. The summed E-state index contributed by atoms with van der Waals surface area (Å²) in [6.45, 7) is 4.01. The van der Waals surface area contributed by atoms with E-state index in [4.69, 9.17) is 4.74 Å².